The van der Waals surface area contributed by atoms with Crippen LogP contribution in [0.5, 0.6) is 5.75 Å². The summed E-state index contributed by atoms with van der Waals surface area (Å²) in [5.41, 5.74) is 6.84. The van der Waals surface area contributed by atoms with E-state index in [1.807, 2.05) is 18.2 Å². The minimum atomic E-state index is -0.367. The minimum Gasteiger partial charge on any atom is -0.496 e. The Balaban J connectivity index is 2.29. The molecule has 17 heavy (non-hydrogen) atoms. The summed E-state index contributed by atoms with van der Waals surface area (Å²) in [5.74, 6) is 0.778. The molecule has 0 aliphatic heterocycles. The summed E-state index contributed by atoms with van der Waals surface area (Å²) in [6.07, 6.45) is 2.89. The fourth-order valence-corrected chi connectivity index (χ4v) is 2.80. The van der Waals surface area contributed by atoms with Crippen molar-refractivity contribution in [3.63, 3.8) is 0 Å². The lowest BCUT2D eigenvalue weighted by Crippen LogP contribution is -2.39. The first kappa shape index (κ1) is 12.4. The van der Waals surface area contributed by atoms with E-state index in [0.29, 0.717) is 0 Å². The molecule has 1 aromatic carbocycles. The summed E-state index contributed by atoms with van der Waals surface area (Å²) in [6, 6.07) is 7.93. The number of halogens is 1. The van der Waals surface area contributed by atoms with Crippen LogP contribution in [0.15, 0.2) is 22.7 Å². The molecular weight excluding hydrogens is 280 g/mol. The third-order valence-corrected chi connectivity index (χ3v) is 4.22. The van der Waals surface area contributed by atoms with Crippen LogP contribution in [0.25, 0.3) is 0 Å². The van der Waals surface area contributed by atoms with Crippen LogP contribution < -0.4 is 10.5 Å². The van der Waals surface area contributed by atoms with Gasteiger partial charge >= 0.3 is 0 Å². The first-order valence-electron chi connectivity index (χ1n) is 5.63. The van der Waals surface area contributed by atoms with Gasteiger partial charge in [-0.2, -0.15) is 5.26 Å². The van der Waals surface area contributed by atoms with E-state index in [4.69, 9.17) is 10.5 Å². The van der Waals surface area contributed by atoms with Crippen molar-refractivity contribution in [3.8, 4) is 11.8 Å². The van der Waals surface area contributed by atoms with Gasteiger partial charge < -0.3 is 10.5 Å². The number of hydrogen-bond donors (Lipinski definition) is 1. The third-order valence-electron chi connectivity index (χ3n) is 3.60. The average molecular weight is 295 g/mol. The molecule has 0 amide bonds. The van der Waals surface area contributed by atoms with E-state index in [2.05, 4.69) is 22.0 Å². The van der Waals surface area contributed by atoms with Gasteiger partial charge in [-0.25, -0.2) is 0 Å². The Morgan fingerprint density at radius 1 is 1.53 bits per heavy atom. The Bertz CT molecular complexity index is 463. The molecule has 0 bridgehead atoms. The van der Waals surface area contributed by atoms with Gasteiger partial charge in [0.05, 0.1) is 23.1 Å². The van der Waals surface area contributed by atoms with Gasteiger partial charge in [0.1, 0.15) is 5.75 Å². The van der Waals surface area contributed by atoms with E-state index < -0.39 is 0 Å². The lowest BCUT2D eigenvalue weighted by molar-refractivity contribution is 0.169. The molecule has 2 N–H and O–H groups in total. The maximum Gasteiger partial charge on any atom is 0.133 e. The molecule has 1 fully saturated rings. The lowest BCUT2D eigenvalue weighted by Gasteiger charge is -2.40. The first-order valence-corrected chi connectivity index (χ1v) is 6.42. The fourth-order valence-electron chi connectivity index (χ4n) is 2.25. The van der Waals surface area contributed by atoms with Gasteiger partial charge in [0.2, 0.25) is 0 Å². The minimum absolute atomic E-state index is 0.219. The van der Waals surface area contributed by atoms with Gasteiger partial charge in [-0.3, -0.25) is 0 Å². The molecule has 1 aliphatic rings. The number of nitrogens with zero attached hydrogens (tertiary/aromatic N) is 1. The zero-order valence-corrected chi connectivity index (χ0v) is 11.3. The Hall–Kier alpha value is -1.05. The monoisotopic (exact) mass is 294 g/mol. The van der Waals surface area contributed by atoms with Crippen LogP contribution in [0.3, 0.4) is 0 Å². The highest BCUT2D eigenvalue weighted by atomic mass is 79.9. The number of nitrogens with two attached hydrogens (primary N) is 1. The second-order valence-corrected chi connectivity index (χ2v) is 5.35. The van der Waals surface area contributed by atoms with E-state index in [9.17, 15) is 5.26 Å². The molecule has 1 aromatic rings. The Kier molecular flexibility index (Phi) is 3.41. The van der Waals surface area contributed by atoms with E-state index >= 15 is 0 Å². The molecule has 2 rings (SSSR count). The molecular formula is C13H15BrN2O. The van der Waals surface area contributed by atoms with Crippen molar-refractivity contribution in [1.29, 1.82) is 5.26 Å². The van der Waals surface area contributed by atoms with E-state index in [0.717, 1.165) is 35.0 Å². The van der Waals surface area contributed by atoms with Gasteiger partial charge in [-0.15, -0.1) is 0 Å². The molecule has 1 unspecified atom stereocenters. The summed E-state index contributed by atoms with van der Waals surface area (Å²) in [4.78, 5) is 0. The quantitative estimate of drug-likeness (QED) is 0.931. The highest BCUT2D eigenvalue weighted by Gasteiger charge is 2.43. The Morgan fingerprint density at radius 3 is 2.65 bits per heavy atom. The van der Waals surface area contributed by atoms with Crippen molar-refractivity contribution in [1.82, 2.24) is 0 Å². The number of ether oxygens (including phenoxy) is 1. The van der Waals surface area contributed by atoms with Crippen molar-refractivity contribution in [2.24, 2.45) is 11.1 Å². The molecule has 0 heterocycles. The number of benzene rings is 1. The first-order chi connectivity index (χ1) is 8.13. The smallest absolute Gasteiger partial charge is 0.133 e. The number of hydrogen-bond acceptors (Lipinski definition) is 3. The predicted octanol–water partition coefficient (Wildman–Crippen LogP) is 3.15. The molecule has 4 heteroatoms. The highest BCUT2D eigenvalue weighted by Crippen LogP contribution is 2.49. The van der Waals surface area contributed by atoms with Gasteiger partial charge in [0.25, 0.3) is 0 Å². The van der Waals surface area contributed by atoms with Crippen LogP contribution in [-0.4, -0.2) is 7.11 Å². The molecule has 0 spiro atoms. The van der Waals surface area contributed by atoms with Crippen LogP contribution in [0.4, 0.5) is 0 Å². The summed E-state index contributed by atoms with van der Waals surface area (Å²) < 4.78 is 6.05. The lowest BCUT2D eigenvalue weighted by atomic mass is 9.64. The number of nitriles is 1. The molecule has 1 saturated carbocycles. The predicted molar refractivity (Wildman–Crippen MR) is 69.5 cm³/mol. The Morgan fingerprint density at radius 2 is 2.24 bits per heavy atom. The van der Waals surface area contributed by atoms with E-state index in [-0.39, 0.29) is 11.5 Å². The van der Waals surface area contributed by atoms with E-state index in [1.165, 1.54) is 0 Å². The van der Waals surface area contributed by atoms with E-state index in [1.54, 1.807) is 7.11 Å². The molecule has 90 valence electrons. The number of methoxy groups -OCH3 is 1. The van der Waals surface area contributed by atoms with Gasteiger partial charge in [-0.1, -0.05) is 12.5 Å². The van der Waals surface area contributed by atoms with Gasteiger partial charge in [-0.05, 0) is 46.5 Å². The molecule has 0 saturated heterocycles. The van der Waals surface area contributed by atoms with Crippen LogP contribution in [0.2, 0.25) is 0 Å². The SMILES string of the molecule is COc1ccc(C(N)C2(C#N)CCC2)cc1Br. The topological polar surface area (TPSA) is 59.0 Å². The van der Waals surface area contributed by atoms with Crippen LogP contribution in [0, 0.1) is 16.7 Å². The summed E-state index contributed by atoms with van der Waals surface area (Å²) >= 11 is 3.44. The average Bonchev–Trinajstić information content (AvgIpc) is 2.28. The highest BCUT2D eigenvalue weighted by molar-refractivity contribution is 9.10. The molecule has 3 nitrogen and oxygen atoms in total. The van der Waals surface area contributed by atoms with Crippen molar-refractivity contribution in [2.45, 2.75) is 25.3 Å². The summed E-state index contributed by atoms with van der Waals surface area (Å²) in [5, 5.41) is 9.27. The van der Waals surface area contributed by atoms with Crippen molar-refractivity contribution < 1.29 is 4.74 Å². The second kappa shape index (κ2) is 4.67. The van der Waals surface area contributed by atoms with Crippen LogP contribution in [-0.2, 0) is 0 Å². The maximum absolute atomic E-state index is 9.27. The zero-order chi connectivity index (χ0) is 12.5. The largest absolute Gasteiger partial charge is 0.496 e. The molecule has 1 aliphatic carbocycles. The molecule has 0 radical (unpaired) electrons. The van der Waals surface area contributed by atoms with Crippen molar-refractivity contribution in [2.75, 3.05) is 7.11 Å². The number of rotatable bonds is 3. The Labute approximate surface area is 110 Å². The van der Waals surface area contributed by atoms with Crippen LogP contribution >= 0.6 is 15.9 Å². The second-order valence-electron chi connectivity index (χ2n) is 4.49. The molecule has 1 atom stereocenters. The maximum atomic E-state index is 9.27. The molecule has 0 aromatic heterocycles. The normalized spacial score (nSPS) is 18.9. The summed E-state index contributed by atoms with van der Waals surface area (Å²) in [6.45, 7) is 0. The van der Waals surface area contributed by atoms with Gasteiger partial charge in [0.15, 0.2) is 0 Å². The van der Waals surface area contributed by atoms with Crippen LogP contribution in [0.1, 0.15) is 30.9 Å². The third kappa shape index (κ3) is 2.05. The van der Waals surface area contributed by atoms with Gasteiger partial charge in [0, 0.05) is 6.04 Å². The summed E-state index contributed by atoms with van der Waals surface area (Å²) in [7, 11) is 1.63. The standard InChI is InChI=1S/C13H15BrN2O/c1-17-11-4-3-9(7-10(11)14)12(16)13(8-15)5-2-6-13/h3-4,7,12H,2,5-6,16H2,1H3. The van der Waals surface area contributed by atoms with Crippen molar-refractivity contribution >= 4 is 15.9 Å². The fraction of sp³-hybridized carbons (Fsp3) is 0.462. The van der Waals surface area contributed by atoms with Crippen molar-refractivity contribution in [3.05, 3.63) is 28.2 Å². The zero-order valence-electron chi connectivity index (χ0n) is 9.74.